The number of aliphatic imine (C=N–C) groups is 1. The summed E-state index contributed by atoms with van der Waals surface area (Å²) in [4.78, 5) is 17.1. The molecule has 26 heavy (non-hydrogen) atoms. The molecule has 0 saturated carbocycles. The van der Waals surface area contributed by atoms with Crippen molar-refractivity contribution < 1.29 is 14.3 Å². The second-order valence-corrected chi connectivity index (χ2v) is 5.71. The number of hydrogen-bond donors (Lipinski definition) is 1. The van der Waals surface area contributed by atoms with E-state index in [0.29, 0.717) is 17.0 Å². The summed E-state index contributed by atoms with van der Waals surface area (Å²) in [6, 6.07) is 22.2. The standard InChI is InChI=1S/C21H16N2O3/c24-21(23-16-6-2-1-3-7-16)17-8-4-5-9-18(17)22-13-15-10-11-19-20(12-15)26-14-25-19/h1-13H,14H2,(H,23,24). The zero-order valence-corrected chi connectivity index (χ0v) is 13.9. The summed E-state index contributed by atoms with van der Waals surface area (Å²) in [6.07, 6.45) is 1.70. The Balaban J connectivity index is 1.56. The van der Waals surface area contributed by atoms with Crippen molar-refractivity contribution in [1.82, 2.24) is 0 Å². The van der Waals surface area contributed by atoms with Gasteiger partial charge in [-0.05, 0) is 48.0 Å². The second-order valence-electron chi connectivity index (χ2n) is 5.71. The van der Waals surface area contributed by atoms with Crippen LogP contribution in [0.3, 0.4) is 0 Å². The van der Waals surface area contributed by atoms with Crippen LogP contribution in [0.15, 0.2) is 77.8 Å². The topological polar surface area (TPSA) is 59.9 Å². The first-order valence-electron chi connectivity index (χ1n) is 8.19. The molecule has 0 atom stereocenters. The highest BCUT2D eigenvalue weighted by molar-refractivity contribution is 6.08. The van der Waals surface area contributed by atoms with Gasteiger partial charge in [0.05, 0.1) is 11.3 Å². The lowest BCUT2D eigenvalue weighted by Gasteiger charge is -2.07. The van der Waals surface area contributed by atoms with E-state index in [9.17, 15) is 4.79 Å². The molecule has 1 aliphatic rings. The van der Waals surface area contributed by atoms with Crippen LogP contribution in [0, 0.1) is 0 Å². The highest BCUT2D eigenvalue weighted by Crippen LogP contribution is 2.32. The van der Waals surface area contributed by atoms with E-state index in [1.54, 1.807) is 12.3 Å². The Morgan fingerprint density at radius 1 is 0.923 bits per heavy atom. The molecule has 0 aromatic heterocycles. The number of anilines is 1. The molecule has 0 radical (unpaired) electrons. The van der Waals surface area contributed by atoms with Crippen LogP contribution >= 0.6 is 0 Å². The van der Waals surface area contributed by atoms with Gasteiger partial charge in [-0.2, -0.15) is 0 Å². The summed E-state index contributed by atoms with van der Waals surface area (Å²) in [5.41, 5.74) is 2.71. The van der Waals surface area contributed by atoms with Crippen LogP contribution < -0.4 is 14.8 Å². The summed E-state index contributed by atoms with van der Waals surface area (Å²) in [5.74, 6) is 1.23. The van der Waals surface area contributed by atoms with E-state index in [1.165, 1.54) is 0 Å². The van der Waals surface area contributed by atoms with E-state index in [-0.39, 0.29) is 12.7 Å². The van der Waals surface area contributed by atoms with Gasteiger partial charge >= 0.3 is 0 Å². The zero-order valence-electron chi connectivity index (χ0n) is 13.9. The van der Waals surface area contributed by atoms with Gasteiger partial charge in [-0.15, -0.1) is 0 Å². The van der Waals surface area contributed by atoms with Crippen LogP contribution in [0.25, 0.3) is 0 Å². The van der Waals surface area contributed by atoms with Crippen LogP contribution in [0.4, 0.5) is 11.4 Å². The van der Waals surface area contributed by atoms with Gasteiger partial charge in [0.25, 0.3) is 5.91 Å². The summed E-state index contributed by atoms with van der Waals surface area (Å²) < 4.78 is 10.7. The van der Waals surface area contributed by atoms with Crippen molar-refractivity contribution in [1.29, 1.82) is 0 Å². The first-order chi connectivity index (χ1) is 12.8. The van der Waals surface area contributed by atoms with E-state index < -0.39 is 0 Å². The van der Waals surface area contributed by atoms with Gasteiger partial charge in [0.2, 0.25) is 6.79 Å². The number of hydrogen-bond acceptors (Lipinski definition) is 4. The van der Waals surface area contributed by atoms with E-state index in [4.69, 9.17) is 9.47 Å². The monoisotopic (exact) mass is 344 g/mol. The number of fused-ring (bicyclic) bond motifs is 1. The summed E-state index contributed by atoms with van der Waals surface area (Å²) >= 11 is 0. The van der Waals surface area contributed by atoms with E-state index in [2.05, 4.69) is 10.3 Å². The van der Waals surface area contributed by atoms with Crippen molar-refractivity contribution in [2.75, 3.05) is 12.1 Å². The lowest BCUT2D eigenvalue weighted by molar-refractivity contribution is 0.102. The number of ether oxygens (including phenoxy) is 2. The highest BCUT2D eigenvalue weighted by atomic mass is 16.7. The maximum absolute atomic E-state index is 12.6. The van der Waals surface area contributed by atoms with Crippen LogP contribution in [0.5, 0.6) is 11.5 Å². The van der Waals surface area contributed by atoms with Crippen LogP contribution in [-0.2, 0) is 0 Å². The van der Waals surface area contributed by atoms with Crippen molar-refractivity contribution in [2.24, 2.45) is 4.99 Å². The predicted octanol–water partition coefficient (Wildman–Crippen LogP) is 4.42. The minimum atomic E-state index is -0.199. The molecule has 5 heteroatoms. The molecule has 0 fully saturated rings. The fourth-order valence-corrected chi connectivity index (χ4v) is 2.64. The molecule has 0 saturated heterocycles. The molecule has 4 rings (SSSR count). The molecule has 1 N–H and O–H groups in total. The van der Waals surface area contributed by atoms with Crippen molar-refractivity contribution in [3.8, 4) is 11.5 Å². The Hall–Kier alpha value is -3.60. The normalized spacial score (nSPS) is 12.3. The number of carbonyl (C=O) groups is 1. The minimum Gasteiger partial charge on any atom is -0.454 e. The molecule has 0 spiro atoms. The van der Waals surface area contributed by atoms with Gasteiger partial charge in [0.1, 0.15) is 0 Å². The van der Waals surface area contributed by atoms with E-state index >= 15 is 0 Å². The molecular weight excluding hydrogens is 328 g/mol. The van der Waals surface area contributed by atoms with Crippen molar-refractivity contribution in [3.05, 3.63) is 83.9 Å². The number of para-hydroxylation sites is 2. The van der Waals surface area contributed by atoms with Crippen molar-refractivity contribution >= 4 is 23.5 Å². The van der Waals surface area contributed by atoms with Crippen LogP contribution in [0.1, 0.15) is 15.9 Å². The third kappa shape index (κ3) is 3.42. The summed E-state index contributed by atoms with van der Waals surface area (Å²) in [6.45, 7) is 0.235. The fourth-order valence-electron chi connectivity index (χ4n) is 2.64. The van der Waals surface area contributed by atoms with Crippen molar-refractivity contribution in [2.45, 2.75) is 0 Å². The molecule has 0 bridgehead atoms. The second kappa shape index (κ2) is 7.11. The first kappa shape index (κ1) is 15.9. The average molecular weight is 344 g/mol. The SMILES string of the molecule is O=C(Nc1ccccc1)c1ccccc1N=Cc1ccc2c(c1)OCO2. The van der Waals surface area contributed by atoms with Crippen LogP contribution in [-0.4, -0.2) is 18.9 Å². The number of rotatable bonds is 4. The maximum atomic E-state index is 12.6. The van der Waals surface area contributed by atoms with Crippen LogP contribution in [0.2, 0.25) is 0 Å². The third-order valence-electron chi connectivity index (χ3n) is 3.93. The van der Waals surface area contributed by atoms with Gasteiger partial charge in [-0.25, -0.2) is 0 Å². The maximum Gasteiger partial charge on any atom is 0.257 e. The Morgan fingerprint density at radius 2 is 1.69 bits per heavy atom. The smallest absolute Gasteiger partial charge is 0.257 e. The Morgan fingerprint density at radius 3 is 2.58 bits per heavy atom. The van der Waals surface area contributed by atoms with E-state index in [0.717, 1.165) is 17.0 Å². The van der Waals surface area contributed by atoms with Crippen molar-refractivity contribution in [3.63, 3.8) is 0 Å². The van der Waals surface area contributed by atoms with Gasteiger partial charge in [0, 0.05) is 11.9 Å². The quantitative estimate of drug-likeness (QED) is 0.713. The Bertz CT molecular complexity index is 968. The lowest BCUT2D eigenvalue weighted by atomic mass is 10.1. The van der Waals surface area contributed by atoms with Gasteiger partial charge < -0.3 is 14.8 Å². The number of benzene rings is 3. The molecule has 0 unspecified atom stereocenters. The molecule has 1 heterocycles. The van der Waals surface area contributed by atoms with Gasteiger partial charge in [-0.3, -0.25) is 9.79 Å². The Labute approximate surface area is 150 Å². The summed E-state index contributed by atoms with van der Waals surface area (Å²) in [7, 11) is 0. The Kier molecular flexibility index (Phi) is 4.35. The number of carbonyl (C=O) groups excluding carboxylic acids is 1. The molecule has 128 valence electrons. The largest absolute Gasteiger partial charge is 0.454 e. The summed E-state index contributed by atoms with van der Waals surface area (Å²) in [5, 5.41) is 2.88. The molecule has 1 aliphatic heterocycles. The number of nitrogens with one attached hydrogen (secondary N) is 1. The highest BCUT2D eigenvalue weighted by Gasteiger charge is 2.13. The zero-order chi connectivity index (χ0) is 17.8. The van der Waals surface area contributed by atoms with E-state index in [1.807, 2.05) is 66.7 Å². The first-order valence-corrected chi connectivity index (χ1v) is 8.19. The molecule has 3 aromatic rings. The molecule has 1 amide bonds. The molecular formula is C21H16N2O3. The molecule has 5 nitrogen and oxygen atoms in total. The molecule has 0 aliphatic carbocycles. The number of amides is 1. The van der Waals surface area contributed by atoms with Gasteiger partial charge in [-0.1, -0.05) is 30.3 Å². The average Bonchev–Trinajstić information content (AvgIpc) is 3.15. The third-order valence-corrected chi connectivity index (χ3v) is 3.93. The number of nitrogens with zero attached hydrogens (tertiary/aromatic N) is 1. The predicted molar refractivity (Wildman–Crippen MR) is 101 cm³/mol. The minimum absolute atomic E-state index is 0.199. The molecule has 3 aromatic carbocycles. The lowest BCUT2D eigenvalue weighted by Crippen LogP contribution is -2.11. The fraction of sp³-hybridized carbons (Fsp3) is 0.0476. The van der Waals surface area contributed by atoms with Gasteiger partial charge in [0.15, 0.2) is 11.5 Å².